The van der Waals surface area contributed by atoms with Crippen LogP contribution in [-0.2, 0) is 17.5 Å². The van der Waals surface area contributed by atoms with Gasteiger partial charge in [0.25, 0.3) is 0 Å². The summed E-state index contributed by atoms with van der Waals surface area (Å²) in [5.41, 5.74) is 0.511. The zero-order valence-corrected chi connectivity index (χ0v) is 13.3. The normalized spacial score (nSPS) is 25.0. The molecule has 3 heterocycles. The van der Waals surface area contributed by atoms with E-state index in [0.717, 1.165) is 62.3 Å². The van der Waals surface area contributed by atoms with Gasteiger partial charge in [0.1, 0.15) is 5.82 Å². The minimum atomic E-state index is -4.35. The molecule has 4 rings (SSSR count). The third-order valence-corrected chi connectivity index (χ3v) is 4.89. The van der Waals surface area contributed by atoms with E-state index in [0.29, 0.717) is 12.1 Å². The molecule has 0 spiro atoms. The van der Waals surface area contributed by atoms with Crippen LogP contribution in [0.5, 0.6) is 0 Å². The number of hydrogen-bond acceptors (Lipinski definition) is 3. The summed E-state index contributed by atoms with van der Waals surface area (Å²) < 4.78 is 46.7. The van der Waals surface area contributed by atoms with Gasteiger partial charge in [-0.05, 0) is 50.4 Å². The lowest BCUT2D eigenvalue weighted by atomic mass is 10.2. The van der Waals surface area contributed by atoms with Gasteiger partial charge in [-0.3, -0.25) is 0 Å². The Morgan fingerprint density at radius 3 is 2.79 bits per heavy atom. The zero-order chi connectivity index (χ0) is 16.7. The largest absolute Gasteiger partial charge is 0.416 e. The number of rotatable bonds is 3. The van der Waals surface area contributed by atoms with E-state index in [9.17, 15) is 13.2 Å². The molecule has 2 unspecified atom stereocenters. The summed E-state index contributed by atoms with van der Waals surface area (Å²) in [5.74, 6) is 0.831. The zero-order valence-electron chi connectivity index (χ0n) is 13.3. The second-order valence-electron chi connectivity index (χ2n) is 6.57. The van der Waals surface area contributed by atoms with Crippen molar-refractivity contribution in [2.45, 2.75) is 50.6 Å². The van der Waals surface area contributed by atoms with Crippen molar-refractivity contribution in [3.8, 4) is 0 Å². The standard InChI is InChI=1S/C17H20F3N3O/c18-17(19,20)11-5-6-15-14(9-11)22-16(13-4-1-7-21-13)23(15)10-12-3-2-8-24-12/h5-6,9,12-13,21H,1-4,7-8,10H2. The summed E-state index contributed by atoms with van der Waals surface area (Å²) in [4.78, 5) is 4.56. The lowest BCUT2D eigenvalue weighted by molar-refractivity contribution is -0.137. The first-order chi connectivity index (χ1) is 11.5. The van der Waals surface area contributed by atoms with Crippen molar-refractivity contribution in [1.82, 2.24) is 14.9 Å². The summed E-state index contributed by atoms with van der Waals surface area (Å²) in [6.45, 7) is 2.32. The molecule has 2 aliphatic rings. The molecule has 130 valence electrons. The maximum atomic E-state index is 13.0. The molecule has 1 aromatic carbocycles. The molecule has 0 saturated carbocycles. The molecule has 2 aromatic rings. The Balaban J connectivity index is 1.77. The fourth-order valence-corrected chi connectivity index (χ4v) is 3.68. The smallest absolute Gasteiger partial charge is 0.376 e. The van der Waals surface area contributed by atoms with E-state index in [1.54, 1.807) is 6.07 Å². The summed E-state index contributed by atoms with van der Waals surface area (Å²) in [7, 11) is 0. The topological polar surface area (TPSA) is 39.1 Å². The first-order valence-corrected chi connectivity index (χ1v) is 8.45. The average Bonchev–Trinajstić information content (AvgIpc) is 3.27. The molecule has 24 heavy (non-hydrogen) atoms. The van der Waals surface area contributed by atoms with E-state index in [1.165, 1.54) is 0 Å². The second kappa shape index (κ2) is 6.04. The summed E-state index contributed by atoms with van der Waals surface area (Å²) in [5, 5.41) is 3.40. The van der Waals surface area contributed by atoms with Gasteiger partial charge >= 0.3 is 6.18 Å². The van der Waals surface area contributed by atoms with Crippen LogP contribution in [0.3, 0.4) is 0 Å². The predicted molar refractivity (Wildman–Crippen MR) is 83.7 cm³/mol. The number of nitrogens with one attached hydrogen (secondary N) is 1. The summed E-state index contributed by atoms with van der Waals surface area (Å²) in [6.07, 6.45) is -0.199. The van der Waals surface area contributed by atoms with Gasteiger partial charge in [0, 0.05) is 6.61 Å². The number of alkyl halides is 3. The molecule has 7 heteroatoms. The van der Waals surface area contributed by atoms with E-state index < -0.39 is 11.7 Å². The molecule has 1 aromatic heterocycles. The molecule has 4 nitrogen and oxygen atoms in total. The van der Waals surface area contributed by atoms with Crippen molar-refractivity contribution in [2.75, 3.05) is 13.2 Å². The third kappa shape index (κ3) is 2.91. The second-order valence-corrected chi connectivity index (χ2v) is 6.57. The first-order valence-electron chi connectivity index (χ1n) is 8.45. The van der Waals surface area contributed by atoms with Crippen molar-refractivity contribution in [3.63, 3.8) is 0 Å². The van der Waals surface area contributed by atoms with Crippen LogP contribution in [0.4, 0.5) is 13.2 Å². The molecule has 0 amide bonds. The Labute approximate surface area is 138 Å². The van der Waals surface area contributed by atoms with E-state index >= 15 is 0 Å². The minimum absolute atomic E-state index is 0.105. The average molecular weight is 339 g/mol. The van der Waals surface area contributed by atoms with Crippen molar-refractivity contribution in [3.05, 3.63) is 29.6 Å². The lowest BCUT2D eigenvalue weighted by Crippen LogP contribution is -2.22. The number of aromatic nitrogens is 2. The fraction of sp³-hybridized carbons (Fsp3) is 0.588. The van der Waals surface area contributed by atoms with E-state index in [2.05, 4.69) is 14.9 Å². The van der Waals surface area contributed by atoms with Crippen molar-refractivity contribution < 1.29 is 17.9 Å². The van der Waals surface area contributed by atoms with E-state index in [1.807, 2.05) is 0 Å². The minimum Gasteiger partial charge on any atom is -0.376 e. The monoisotopic (exact) mass is 339 g/mol. The Bertz CT molecular complexity index is 728. The Morgan fingerprint density at radius 2 is 2.12 bits per heavy atom. The van der Waals surface area contributed by atoms with Gasteiger partial charge in [0.15, 0.2) is 0 Å². The van der Waals surface area contributed by atoms with Crippen LogP contribution in [0.1, 0.15) is 43.1 Å². The fourth-order valence-electron chi connectivity index (χ4n) is 3.68. The highest BCUT2D eigenvalue weighted by atomic mass is 19.4. The van der Waals surface area contributed by atoms with Crippen LogP contribution in [0.25, 0.3) is 11.0 Å². The van der Waals surface area contributed by atoms with Crippen LogP contribution in [0.2, 0.25) is 0 Å². The number of nitrogens with zero attached hydrogens (tertiary/aromatic N) is 2. The highest BCUT2D eigenvalue weighted by Crippen LogP contribution is 2.33. The maximum Gasteiger partial charge on any atom is 0.416 e. The van der Waals surface area contributed by atoms with Crippen molar-refractivity contribution in [1.29, 1.82) is 0 Å². The predicted octanol–water partition coefficient (Wildman–Crippen LogP) is 3.66. The van der Waals surface area contributed by atoms with Gasteiger partial charge in [0.2, 0.25) is 0 Å². The number of fused-ring (bicyclic) bond motifs is 1. The van der Waals surface area contributed by atoms with E-state index in [-0.39, 0.29) is 12.1 Å². The molecule has 1 N–H and O–H groups in total. The van der Waals surface area contributed by atoms with Crippen LogP contribution in [-0.4, -0.2) is 28.8 Å². The molecule has 0 radical (unpaired) electrons. The molecule has 2 atom stereocenters. The van der Waals surface area contributed by atoms with Gasteiger partial charge in [-0.15, -0.1) is 0 Å². The summed E-state index contributed by atoms with van der Waals surface area (Å²) >= 11 is 0. The van der Waals surface area contributed by atoms with Crippen molar-refractivity contribution in [2.24, 2.45) is 0 Å². The number of ether oxygens (including phenoxy) is 1. The van der Waals surface area contributed by atoms with E-state index in [4.69, 9.17) is 4.74 Å². The van der Waals surface area contributed by atoms with Crippen LogP contribution in [0, 0.1) is 0 Å². The molecule has 0 bridgehead atoms. The van der Waals surface area contributed by atoms with Crippen LogP contribution < -0.4 is 5.32 Å². The molecular formula is C17H20F3N3O. The SMILES string of the molecule is FC(F)(F)c1ccc2c(c1)nc(C1CCCN1)n2CC1CCCO1. The van der Waals surface area contributed by atoms with Gasteiger partial charge in [-0.1, -0.05) is 0 Å². The van der Waals surface area contributed by atoms with Gasteiger partial charge in [0.05, 0.1) is 35.3 Å². The molecule has 2 fully saturated rings. The molecule has 2 saturated heterocycles. The van der Waals surface area contributed by atoms with Gasteiger partial charge < -0.3 is 14.6 Å². The number of hydrogen-bond donors (Lipinski definition) is 1. The highest BCUT2D eigenvalue weighted by molar-refractivity contribution is 5.77. The Kier molecular flexibility index (Phi) is 4.00. The Hall–Kier alpha value is -1.60. The van der Waals surface area contributed by atoms with Crippen LogP contribution in [0.15, 0.2) is 18.2 Å². The first kappa shape index (κ1) is 15.9. The number of imidazole rings is 1. The number of halogens is 3. The highest BCUT2D eigenvalue weighted by Gasteiger charge is 2.32. The van der Waals surface area contributed by atoms with Crippen molar-refractivity contribution >= 4 is 11.0 Å². The molecule has 0 aliphatic carbocycles. The van der Waals surface area contributed by atoms with Crippen LogP contribution >= 0.6 is 0 Å². The lowest BCUT2D eigenvalue weighted by Gasteiger charge is -2.17. The van der Waals surface area contributed by atoms with Gasteiger partial charge in [-0.2, -0.15) is 13.2 Å². The number of benzene rings is 1. The Morgan fingerprint density at radius 1 is 1.25 bits per heavy atom. The maximum absolute atomic E-state index is 13.0. The third-order valence-electron chi connectivity index (χ3n) is 4.89. The summed E-state index contributed by atoms with van der Waals surface area (Å²) in [6, 6.07) is 3.94. The molecular weight excluding hydrogens is 319 g/mol. The molecule has 2 aliphatic heterocycles. The quantitative estimate of drug-likeness (QED) is 0.928. The van der Waals surface area contributed by atoms with Gasteiger partial charge in [-0.25, -0.2) is 4.98 Å².